The van der Waals surface area contributed by atoms with E-state index in [-0.39, 0.29) is 18.6 Å². The third-order valence-corrected chi connectivity index (χ3v) is 1.70. The van der Waals surface area contributed by atoms with Crippen molar-refractivity contribution in [1.29, 1.82) is 0 Å². The molecule has 2 N–H and O–H groups in total. The van der Waals surface area contributed by atoms with E-state index in [1.54, 1.807) is 0 Å². The van der Waals surface area contributed by atoms with Gasteiger partial charge in [-0.25, -0.2) is 5.90 Å². The van der Waals surface area contributed by atoms with E-state index in [4.69, 9.17) is 5.90 Å². The number of nitrogens with two attached hydrogens (primary N) is 1. The standard InChI is InChI=1S/C8H9F3N2O/c9-8(10,11)7-1-3-13-5-6(7)2-4-14-12/h1,3,5H,2,4,12H2. The minimum atomic E-state index is -4.35. The zero-order valence-corrected chi connectivity index (χ0v) is 7.21. The largest absolute Gasteiger partial charge is 0.416 e. The van der Waals surface area contributed by atoms with E-state index in [0.29, 0.717) is 0 Å². The lowest BCUT2D eigenvalue weighted by molar-refractivity contribution is -0.138. The smallest absolute Gasteiger partial charge is 0.304 e. The highest BCUT2D eigenvalue weighted by atomic mass is 19.4. The minimum Gasteiger partial charge on any atom is -0.304 e. The van der Waals surface area contributed by atoms with Gasteiger partial charge < -0.3 is 4.84 Å². The third kappa shape index (κ3) is 2.68. The summed E-state index contributed by atoms with van der Waals surface area (Å²) in [6.45, 7) is 0.0365. The fraction of sp³-hybridized carbons (Fsp3) is 0.375. The zero-order valence-electron chi connectivity index (χ0n) is 7.21. The Kier molecular flexibility index (Phi) is 3.43. The van der Waals surface area contributed by atoms with Gasteiger partial charge in [-0.3, -0.25) is 4.98 Å². The van der Waals surface area contributed by atoms with Gasteiger partial charge in [0.15, 0.2) is 0 Å². The Labute approximate surface area is 78.6 Å². The first-order chi connectivity index (χ1) is 6.55. The van der Waals surface area contributed by atoms with Gasteiger partial charge in [0.05, 0.1) is 12.2 Å². The number of alkyl halides is 3. The maximum atomic E-state index is 12.4. The van der Waals surface area contributed by atoms with Crippen LogP contribution in [0.2, 0.25) is 0 Å². The van der Waals surface area contributed by atoms with Crippen molar-refractivity contribution in [3.63, 3.8) is 0 Å². The molecule has 1 heterocycles. The molecule has 0 atom stereocenters. The zero-order chi connectivity index (χ0) is 10.6. The second-order valence-corrected chi connectivity index (χ2v) is 2.65. The summed E-state index contributed by atoms with van der Waals surface area (Å²) >= 11 is 0. The van der Waals surface area contributed by atoms with Gasteiger partial charge in [0.2, 0.25) is 0 Å². The van der Waals surface area contributed by atoms with Gasteiger partial charge in [0.25, 0.3) is 0 Å². The lowest BCUT2D eigenvalue weighted by Crippen LogP contribution is -2.12. The summed E-state index contributed by atoms with van der Waals surface area (Å²) in [5.41, 5.74) is -0.602. The number of hydrogen-bond donors (Lipinski definition) is 1. The van der Waals surface area contributed by atoms with Gasteiger partial charge in [-0.05, 0) is 18.1 Å². The van der Waals surface area contributed by atoms with E-state index in [9.17, 15) is 13.2 Å². The van der Waals surface area contributed by atoms with Gasteiger partial charge in [0, 0.05) is 12.4 Å². The molecule has 3 nitrogen and oxygen atoms in total. The number of pyridine rings is 1. The Morgan fingerprint density at radius 2 is 2.14 bits per heavy atom. The topological polar surface area (TPSA) is 48.1 Å². The van der Waals surface area contributed by atoms with Crippen LogP contribution in [0.5, 0.6) is 0 Å². The maximum Gasteiger partial charge on any atom is 0.416 e. The molecule has 1 aromatic heterocycles. The molecule has 0 aliphatic carbocycles. The predicted octanol–water partition coefficient (Wildman–Crippen LogP) is 1.53. The highest BCUT2D eigenvalue weighted by Crippen LogP contribution is 2.31. The molecular weight excluding hydrogens is 197 g/mol. The van der Waals surface area contributed by atoms with Crippen LogP contribution < -0.4 is 5.90 Å². The molecule has 0 spiro atoms. The van der Waals surface area contributed by atoms with Crippen molar-refractivity contribution in [1.82, 2.24) is 4.98 Å². The molecule has 14 heavy (non-hydrogen) atoms. The van der Waals surface area contributed by atoms with E-state index in [2.05, 4.69) is 9.82 Å². The fourth-order valence-corrected chi connectivity index (χ4v) is 1.07. The molecule has 0 saturated heterocycles. The van der Waals surface area contributed by atoms with Crippen molar-refractivity contribution in [2.75, 3.05) is 6.61 Å². The predicted molar refractivity (Wildman–Crippen MR) is 43.1 cm³/mol. The molecule has 0 bridgehead atoms. The molecule has 0 aliphatic heterocycles. The van der Waals surface area contributed by atoms with Crippen molar-refractivity contribution in [3.8, 4) is 0 Å². The van der Waals surface area contributed by atoms with Crippen LogP contribution in [0.1, 0.15) is 11.1 Å². The molecule has 0 saturated carbocycles. The van der Waals surface area contributed by atoms with Crippen LogP contribution in [-0.2, 0) is 17.4 Å². The van der Waals surface area contributed by atoms with E-state index in [1.165, 1.54) is 6.20 Å². The van der Waals surface area contributed by atoms with E-state index in [1.807, 2.05) is 0 Å². The monoisotopic (exact) mass is 206 g/mol. The molecule has 78 valence electrons. The minimum absolute atomic E-state index is 0.0365. The van der Waals surface area contributed by atoms with Crippen LogP contribution in [-0.4, -0.2) is 11.6 Å². The van der Waals surface area contributed by atoms with Crippen molar-refractivity contribution >= 4 is 0 Å². The molecule has 0 radical (unpaired) electrons. The van der Waals surface area contributed by atoms with Crippen molar-refractivity contribution in [2.45, 2.75) is 12.6 Å². The fourth-order valence-electron chi connectivity index (χ4n) is 1.07. The van der Waals surface area contributed by atoms with Crippen LogP contribution >= 0.6 is 0 Å². The highest BCUT2D eigenvalue weighted by molar-refractivity contribution is 5.26. The maximum absolute atomic E-state index is 12.4. The van der Waals surface area contributed by atoms with E-state index >= 15 is 0 Å². The third-order valence-electron chi connectivity index (χ3n) is 1.70. The summed E-state index contributed by atoms with van der Waals surface area (Å²) in [6, 6.07) is 0.936. The summed E-state index contributed by atoms with van der Waals surface area (Å²) < 4.78 is 37.1. The number of halogens is 3. The summed E-state index contributed by atoms with van der Waals surface area (Å²) in [5, 5.41) is 0. The molecule has 0 unspecified atom stereocenters. The number of nitrogens with zero attached hydrogens (tertiary/aromatic N) is 1. The molecule has 0 aliphatic rings. The lowest BCUT2D eigenvalue weighted by Gasteiger charge is -2.11. The van der Waals surface area contributed by atoms with Gasteiger partial charge in [-0.15, -0.1) is 0 Å². The first-order valence-electron chi connectivity index (χ1n) is 3.87. The Hall–Kier alpha value is -1.14. The molecule has 1 rings (SSSR count). The highest BCUT2D eigenvalue weighted by Gasteiger charge is 2.32. The van der Waals surface area contributed by atoms with Crippen molar-refractivity contribution < 1.29 is 18.0 Å². The molecule has 0 aromatic carbocycles. The Balaban J connectivity index is 2.92. The van der Waals surface area contributed by atoms with Gasteiger partial charge in [0.1, 0.15) is 0 Å². The number of rotatable bonds is 3. The summed E-state index contributed by atoms with van der Waals surface area (Å²) in [7, 11) is 0. The first-order valence-corrected chi connectivity index (χ1v) is 3.87. The van der Waals surface area contributed by atoms with Gasteiger partial charge in [-0.2, -0.15) is 13.2 Å². The molecule has 0 fully saturated rings. The Morgan fingerprint density at radius 3 is 2.71 bits per heavy atom. The summed E-state index contributed by atoms with van der Waals surface area (Å²) in [6.07, 6.45) is -1.98. The average molecular weight is 206 g/mol. The number of hydrogen-bond acceptors (Lipinski definition) is 3. The summed E-state index contributed by atoms with van der Waals surface area (Å²) in [5.74, 6) is 4.73. The SMILES string of the molecule is NOCCc1cnccc1C(F)(F)F. The summed E-state index contributed by atoms with van der Waals surface area (Å²) in [4.78, 5) is 7.83. The van der Waals surface area contributed by atoms with Crippen molar-refractivity contribution in [2.24, 2.45) is 5.90 Å². The molecule has 0 amide bonds. The molecule has 6 heteroatoms. The van der Waals surface area contributed by atoms with Crippen LogP contribution in [0.4, 0.5) is 13.2 Å². The number of aromatic nitrogens is 1. The van der Waals surface area contributed by atoms with Crippen LogP contribution in [0, 0.1) is 0 Å². The van der Waals surface area contributed by atoms with Crippen molar-refractivity contribution in [3.05, 3.63) is 29.6 Å². The Bertz CT molecular complexity index is 301. The van der Waals surface area contributed by atoms with Crippen LogP contribution in [0.15, 0.2) is 18.5 Å². The van der Waals surface area contributed by atoms with Crippen LogP contribution in [0.25, 0.3) is 0 Å². The lowest BCUT2D eigenvalue weighted by atomic mass is 10.1. The van der Waals surface area contributed by atoms with Crippen LogP contribution in [0.3, 0.4) is 0 Å². The second-order valence-electron chi connectivity index (χ2n) is 2.65. The second kappa shape index (κ2) is 4.39. The molecular formula is C8H9F3N2O. The van der Waals surface area contributed by atoms with E-state index in [0.717, 1.165) is 12.3 Å². The quantitative estimate of drug-likeness (QED) is 0.763. The van der Waals surface area contributed by atoms with Gasteiger partial charge in [-0.1, -0.05) is 0 Å². The normalized spacial score (nSPS) is 11.7. The Morgan fingerprint density at radius 1 is 1.43 bits per heavy atom. The average Bonchev–Trinajstić information content (AvgIpc) is 2.14. The van der Waals surface area contributed by atoms with Gasteiger partial charge >= 0.3 is 6.18 Å². The molecule has 1 aromatic rings. The first kappa shape index (κ1) is 10.9. The van der Waals surface area contributed by atoms with E-state index < -0.39 is 11.7 Å².